The lowest BCUT2D eigenvalue weighted by atomic mass is 10.1. The zero-order valence-corrected chi connectivity index (χ0v) is 11.1. The van der Waals surface area contributed by atoms with E-state index in [1.807, 2.05) is 30.3 Å². The van der Waals surface area contributed by atoms with Crippen LogP contribution in [0.3, 0.4) is 0 Å². The SMILES string of the molecule is C=Cc1ccc2cc(OC(=O)OC(C)C)ccc2c1. The molecule has 0 unspecified atom stereocenters. The molecule has 0 aromatic heterocycles. The quantitative estimate of drug-likeness (QED) is 0.603. The smallest absolute Gasteiger partial charge is 0.431 e. The number of carbonyl (C=O) groups excluding carboxylic acids is 1. The van der Waals surface area contributed by atoms with Crippen molar-refractivity contribution in [3.8, 4) is 5.75 Å². The van der Waals surface area contributed by atoms with Crippen LogP contribution in [0.5, 0.6) is 5.75 Å². The average Bonchev–Trinajstić information content (AvgIpc) is 2.37. The molecule has 0 saturated heterocycles. The van der Waals surface area contributed by atoms with Gasteiger partial charge in [-0.1, -0.05) is 30.9 Å². The Labute approximate surface area is 112 Å². The first-order valence-corrected chi connectivity index (χ1v) is 6.13. The molecule has 2 rings (SSSR count). The molecule has 0 saturated carbocycles. The molecule has 2 aromatic rings. The molecule has 2 aromatic carbocycles. The molecule has 3 nitrogen and oxygen atoms in total. The molecule has 19 heavy (non-hydrogen) atoms. The van der Waals surface area contributed by atoms with Crippen molar-refractivity contribution in [2.24, 2.45) is 0 Å². The Kier molecular flexibility index (Phi) is 3.85. The summed E-state index contributed by atoms with van der Waals surface area (Å²) >= 11 is 0. The zero-order chi connectivity index (χ0) is 13.8. The molecule has 0 N–H and O–H groups in total. The molecule has 0 heterocycles. The largest absolute Gasteiger partial charge is 0.514 e. The molecule has 98 valence electrons. The van der Waals surface area contributed by atoms with Gasteiger partial charge in [0.2, 0.25) is 0 Å². The van der Waals surface area contributed by atoms with Gasteiger partial charge >= 0.3 is 6.16 Å². The number of benzene rings is 2. The fourth-order valence-electron chi connectivity index (χ4n) is 1.75. The lowest BCUT2D eigenvalue weighted by Gasteiger charge is -2.09. The maximum atomic E-state index is 11.4. The number of hydrogen-bond donors (Lipinski definition) is 0. The minimum absolute atomic E-state index is 0.192. The summed E-state index contributed by atoms with van der Waals surface area (Å²) in [5.41, 5.74) is 1.06. The third kappa shape index (κ3) is 3.35. The van der Waals surface area contributed by atoms with Crippen LogP contribution in [0.15, 0.2) is 43.0 Å². The first-order valence-electron chi connectivity index (χ1n) is 6.13. The second kappa shape index (κ2) is 5.57. The zero-order valence-electron chi connectivity index (χ0n) is 11.1. The Morgan fingerprint density at radius 1 is 1.16 bits per heavy atom. The van der Waals surface area contributed by atoms with Gasteiger partial charge in [-0.15, -0.1) is 0 Å². The summed E-state index contributed by atoms with van der Waals surface area (Å²) < 4.78 is 10.0. The Hall–Kier alpha value is -2.29. The van der Waals surface area contributed by atoms with Crippen molar-refractivity contribution >= 4 is 23.0 Å². The van der Waals surface area contributed by atoms with E-state index in [0.717, 1.165) is 16.3 Å². The monoisotopic (exact) mass is 256 g/mol. The first kappa shape index (κ1) is 13.1. The number of fused-ring (bicyclic) bond motifs is 1. The van der Waals surface area contributed by atoms with Crippen LogP contribution in [0.2, 0.25) is 0 Å². The molecule has 0 fully saturated rings. The Bertz CT molecular complexity index is 614. The van der Waals surface area contributed by atoms with Crippen LogP contribution in [-0.2, 0) is 4.74 Å². The van der Waals surface area contributed by atoms with Gasteiger partial charge in [0.05, 0.1) is 6.10 Å². The molecular formula is C16H16O3. The third-order valence-corrected chi connectivity index (χ3v) is 2.60. The van der Waals surface area contributed by atoms with Crippen LogP contribution >= 0.6 is 0 Å². The normalized spacial score (nSPS) is 10.5. The predicted molar refractivity (Wildman–Crippen MR) is 76.3 cm³/mol. The topological polar surface area (TPSA) is 35.5 Å². The van der Waals surface area contributed by atoms with E-state index in [0.29, 0.717) is 5.75 Å². The molecule has 0 bridgehead atoms. The number of rotatable bonds is 3. The molecular weight excluding hydrogens is 240 g/mol. The van der Waals surface area contributed by atoms with E-state index in [1.165, 1.54) is 0 Å². The van der Waals surface area contributed by atoms with Gasteiger partial charge in [0.15, 0.2) is 0 Å². The lowest BCUT2D eigenvalue weighted by Crippen LogP contribution is -2.15. The standard InChI is InChI=1S/C16H16O3/c1-4-12-5-6-14-10-15(8-7-13(14)9-12)19-16(17)18-11(2)3/h4-11H,1H2,2-3H3. The lowest BCUT2D eigenvalue weighted by molar-refractivity contribution is 0.0729. The van der Waals surface area contributed by atoms with Crippen LogP contribution in [0.4, 0.5) is 4.79 Å². The van der Waals surface area contributed by atoms with Gasteiger partial charge in [0.25, 0.3) is 0 Å². The van der Waals surface area contributed by atoms with E-state index in [1.54, 1.807) is 26.0 Å². The van der Waals surface area contributed by atoms with Crippen molar-refractivity contribution in [2.45, 2.75) is 20.0 Å². The van der Waals surface area contributed by atoms with Crippen molar-refractivity contribution < 1.29 is 14.3 Å². The summed E-state index contributed by atoms with van der Waals surface area (Å²) in [7, 11) is 0. The van der Waals surface area contributed by atoms with E-state index in [9.17, 15) is 4.79 Å². The maximum Gasteiger partial charge on any atom is 0.514 e. The Morgan fingerprint density at radius 2 is 1.84 bits per heavy atom. The highest BCUT2D eigenvalue weighted by molar-refractivity contribution is 5.86. The molecule has 0 aliphatic heterocycles. The first-order chi connectivity index (χ1) is 9.08. The number of ether oxygens (including phenoxy) is 2. The van der Waals surface area contributed by atoms with Crippen LogP contribution in [0, 0.1) is 0 Å². The van der Waals surface area contributed by atoms with Crippen LogP contribution in [0.1, 0.15) is 19.4 Å². The minimum atomic E-state index is -0.683. The van der Waals surface area contributed by atoms with E-state index < -0.39 is 6.16 Å². The summed E-state index contributed by atoms with van der Waals surface area (Å²) in [4.78, 5) is 11.4. The van der Waals surface area contributed by atoms with Gasteiger partial charge in [-0.25, -0.2) is 4.79 Å². The van der Waals surface area contributed by atoms with Crippen LogP contribution < -0.4 is 4.74 Å². The van der Waals surface area contributed by atoms with Crippen molar-refractivity contribution in [2.75, 3.05) is 0 Å². The fraction of sp³-hybridized carbons (Fsp3) is 0.188. The average molecular weight is 256 g/mol. The minimum Gasteiger partial charge on any atom is -0.431 e. The van der Waals surface area contributed by atoms with Gasteiger partial charge < -0.3 is 9.47 Å². The number of carbonyl (C=O) groups is 1. The Morgan fingerprint density at radius 3 is 2.53 bits per heavy atom. The highest BCUT2D eigenvalue weighted by Gasteiger charge is 2.08. The molecule has 0 spiro atoms. The van der Waals surface area contributed by atoms with Gasteiger partial charge in [-0.2, -0.15) is 0 Å². The van der Waals surface area contributed by atoms with Crippen molar-refractivity contribution in [1.82, 2.24) is 0 Å². The molecule has 3 heteroatoms. The second-order valence-corrected chi connectivity index (χ2v) is 4.49. The molecule has 0 aliphatic rings. The van der Waals surface area contributed by atoms with Crippen molar-refractivity contribution in [1.29, 1.82) is 0 Å². The molecule has 0 aliphatic carbocycles. The third-order valence-electron chi connectivity index (χ3n) is 2.60. The highest BCUT2D eigenvalue weighted by atomic mass is 16.7. The molecule has 0 amide bonds. The Balaban J connectivity index is 2.22. The van der Waals surface area contributed by atoms with Crippen LogP contribution in [0.25, 0.3) is 16.8 Å². The van der Waals surface area contributed by atoms with E-state index in [2.05, 4.69) is 6.58 Å². The van der Waals surface area contributed by atoms with Gasteiger partial charge in [0.1, 0.15) is 5.75 Å². The van der Waals surface area contributed by atoms with Crippen LogP contribution in [-0.4, -0.2) is 12.3 Å². The maximum absolute atomic E-state index is 11.4. The van der Waals surface area contributed by atoms with Gasteiger partial charge in [0, 0.05) is 0 Å². The molecule has 0 atom stereocenters. The predicted octanol–water partition coefficient (Wildman–Crippen LogP) is 4.41. The highest BCUT2D eigenvalue weighted by Crippen LogP contribution is 2.22. The summed E-state index contributed by atoms with van der Waals surface area (Å²) in [6.07, 6.45) is 0.921. The summed E-state index contributed by atoms with van der Waals surface area (Å²) in [5, 5.41) is 2.07. The fourth-order valence-corrected chi connectivity index (χ4v) is 1.75. The van der Waals surface area contributed by atoms with Gasteiger partial charge in [-0.05, 0) is 48.4 Å². The van der Waals surface area contributed by atoms with E-state index in [-0.39, 0.29) is 6.10 Å². The van der Waals surface area contributed by atoms with E-state index in [4.69, 9.17) is 9.47 Å². The van der Waals surface area contributed by atoms with Crippen molar-refractivity contribution in [3.63, 3.8) is 0 Å². The summed E-state index contributed by atoms with van der Waals surface area (Å²) in [6.45, 7) is 7.29. The molecule has 0 radical (unpaired) electrons. The van der Waals surface area contributed by atoms with Crippen molar-refractivity contribution in [3.05, 3.63) is 48.5 Å². The van der Waals surface area contributed by atoms with E-state index >= 15 is 0 Å². The summed E-state index contributed by atoms with van der Waals surface area (Å²) in [5.74, 6) is 0.476. The number of hydrogen-bond acceptors (Lipinski definition) is 3. The second-order valence-electron chi connectivity index (χ2n) is 4.49. The van der Waals surface area contributed by atoms with Gasteiger partial charge in [-0.3, -0.25) is 0 Å². The summed E-state index contributed by atoms with van der Waals surface area (Å²) in [6, 6.07) is 11.4.